The lowest BCUT2D eigenvalue weighted by Crippen LogP contribution is -2.37. The van der Waals surface area contributed by atoms with Crippen LogP contribution in [-0.2, 0) is 11.8 Å². The topological polar surface area (TPSA) is 78.2 Å². The number of aryl methyl sites for hydroxylation is 1. The van der Waals surface area contributed by atoms with Crippen molar-refractivity contribution in [2.45, 2.75) is 0 Å². The normalized spacial score (nSPS) is 15.0. The van der Waals surface area contributed by atoms with E-state index in [-0.39, 0.29) is 0 Å². The number of aromatic nitrogens is 5. The molecule has 4 rings (SSSR count). The van der Waals surface area contributed by atoms with Gasteiger partial charge >= 0.3 is 0 Å². The molecule has 0 saturated carbocycles. The van der Waals surface area contributed by atoms with E-state index < -0.39 is 0 Å². The maximum Gasteiger partial charge on any atom is 0.165 e. The Morgan fingerprint density at radius 3 is 2.75 bits per heavy atom. The summed E-state index contributed by atoms with van der Waals surface area (Å²) in [4.78, 5) is 15.9. The molecule has 0 amide bonds. The fourth-order valence-electron chi connectivity index (χ4n) is 2.81. The van der Waals surface area contributed by atoms with Gasteiger partial charge in [-0.05, 0) is 6.07 Å². The van der Waals surface area contributed by atoms with Crippen molar-refractivity contribution in [1.82, 2.24) is 24.7 Å². The third-order valence-electron chi connectivity index (χ3n) is 4.09. The molecule has 8 heteroatoms. The Morgan fingerprint density at radius 1 is 1.12 bits per heavy atom. The van der Waals surface area contributed by atoms with E-state index in [2.05, 4.69) is 20.0 Å². The Balaban J connectivity index is 1.88. The van der Waals surface area contributed by atoms with Crippen LogP contribution in [0.5, 0.6) is 5.75 Å². The molecule has 1 fully saturated rings. The van der Waals surface area contributed by atoms with Gasteiger partial charge in [0.05, 0.1) is 38.1 Å². The minimum atomic E-state index is 0.610. The molecule has 24 heavy (non-hydrogen) atoms. The molecule has 4 heterocycles. The van der Waals surface area contributed by atoms with Crippen molar-refractivity contribution in [2.75, 3.05) is 38.3 Å². The summed E-state index contributed by atoms with van der Waals surface area (Å²) < 4.78 is 12.5. The van der Waals surface area contributed by atoms with Crippen molar-refractivity contribution in [2.24, 2.45) is 7.05 Å². The molecule has 0 atom stereocenters. The lowest BCUT2D eigenvalue weighted by atomic mass is 10.2. The van der Waals surface area contributed by atoms with E-state index in [1.165, 1.54) is 0 Å². The van der Waals surface area contributed by atoms with Crippen molar-refractivity contribution in [1.29, 1.82) is 0 Å². The first-order valence-electron chi connectivity index (χ1n) is 7.78. The molecule has 8 nitrogen and oxygen atoms in total. The largest absolute Gasteiger partial charge is 0.495 e. The predicted molar refractivity (Wildman–Crippen MR) is 89.1 cm³/mol. The van der Waals surface area contributed by atoms with Crippen LogP contribution in [0.25, 0.3) is 22.4 Å². The summed E-state index contributed by atoms with van der Waals surface area (Å²) in [6, 6.07) is 1.88. The monoisotopic (exact) mass is 326 g/mol. The molecule has 124 valence electrons. The van der Waals surface area contributed by atoms with Crippen LogP contribution < -0.4 is 9.64 Å². The summed E-state index contributed by atoms with van der Waals surface area (Å²) in [5.41, 5.74) is 1.61. The van der Waals surface area contributed by atoms with Crippen molar-refractivity contribution < 1.29 is 9.47 Å². The lowest BCUT2D eigenvalue weighted by molar-refractivity contribution is 0.122. The molecular formula is C16H18N6O2. The van der Waals surface area contributed by atoms with Gasteiger partial charge < -0.3 is 14.4 Å². The number of hydrogen-bond acceptors (Lipinski definition) is 7. The summed E-state index contributed by atoms with van der Waals surface area (Å²) in [5.74, 6) is 2.17. The molecule has 1 aliphatic rings. The van der Waals surface area contributed by atoms with E-state index in [9.17, 15) is 0 Å². The van der Waals surface area contributed by atoms with Gasteiger partial charge in [0.2, 0.25) is 0 Å². The first-order valence-corrected chi connectivity index (χ1v) is 7.78. The number of nitrogens with zero attached hydrogens (tertiary/aromatic N) is 6. The minimum absolute atomic E-state index is 0.610. The predicted octanol–water partition coefficient (Wildman–Crippen LogP) is 1.27. The van der Waals surface area contributed by atoms with Crippen molar-refractivity contribution in [3.05, 3.63) is 24.7 Å². The molecule has 0 aromatic carbocycles. The van der Waals surface area contributed by atoms with Crippen LogP contribution in [0, 0.1) is 0 Å². The van der Waals surface area contributed by atoms with E-state index in [0.29, 0.717) is 24.8 Å². The van der Waals surface area contributed by atoms with E-state index in [1.807, 2.05) is 19.3 Å². The van der Waals surface area contributed by atoms with Crippen LogP contribution in [0.1, 0.15) is 0 Å². The highest BCUT2D eigenvalue weighted by atomic mass is 16.5. The summed E-state index contributed by atoms with van der Waals surface area (Å²) in [7, 11) is 3.50. The zero-order chi connectivity index (χ0) is 16.5. The lowest BCUT2D eigenvalue weighted by Gasteiger charge is -2.28. The summed E-state index contributed by atoms with van der Waals surface area (Å²) in [6.45, 7) is 3.00. The second kappa shape index (κ2) is 6.04. The number of hydrogen-bond donors (Lipinski definition) is 0. The number of anilines is 1. The second-order valence-corrected chi connectivity index (χ2v) is 5.59. The van der Waals surface area contributed by atoms with Gasteiger partial charge in [-0.3, -0.25) is 9.67 Å². The molecular weight excluding hydrogens is 308 g/mol. The Bertz CT molecular complexity index is 872. The van der Waals surface area contributed by atoms with Gasteiger partial charge in [-0.1, -0.05) is 0 Å². The highest BCUT2D eigenvalue weighted by molar-refractivity contribution is 5.88. The second-order valence-electron chi connectivity index (χ2n) is 5.59. The molecule has 0 spiro atoms. The molecule has 1 aliphatic heterocycles. The number of pyridine rings is 1. The zero-order valence-electron chi connectivity index (χ0n) is 13.6. The molecule has 3 aromatic heterocycles. The molecule has 0 N–H and O–H groups in total. The number of rotatable bonds is 3. The Kier molecular flexibility index (Phi) is 3.73. The summed E-state index contributed by atoms with van der Waals surface area (Å²) in [5, 5.41) is 5.28. The Labute approximate surface area is 139 Å². The van der Waals surface area contributed by atoms with Gasteiger partial charge in [0.15, 0.2) is 11.5 Å². The fourth-order valence-corrected chi connectivity index (χ4v) is 2.81. The van der Waals surface area contributed by atoms with Crippen LogP contribution in [0.2, 0.25) is 0 Å². The molecule has 0 bridgehead atoms. The first kappa shape index (κ1) is 14.8. The van der Waals surface area contributed by atoms with E-state index in [0.717, 1.165) is 35.5 Å². The van der Waals surface area contributed by atoms with Crippen molar-refractivity contribution >= 4 is 16.9 Å². The smallest absolute Gasteiger partial charge is 0.165 e. The highest BCUT2D eigenvalue weighted by Gasteiger charge is 2.20. The molecule has 3 aromatic rings. The first-order chi connectivity index (χ1) is 11.8. The van der Waals surface area contributed by atoms with E-state index >= 15 is 0 Å². The fraction of sp³-hybridized carbons (Fsp3) is 0.375. The number of morpholine rings is 1. The Hall–Kier alpha value is -2.74. The highest BCUT2D eigenvalue weighted by Crippen LogP contribution is 2.28. The van der Waals surface area contributed by atoms with Crippen molar-refractivity contribution in [3.8, 4) is 17.1 Å². The maximum atomic E-state index is 5.45. The zero-order valence-corrected chi connectivity index (χ0v) is 13.6. The van der Waals surface area contributed by atoms with Gasteiger partial charge in [0, 0.05) is 31.9 Å². The van der Waals surface area contributed by atoms with Crippen molar-refractivity contribution in [3.63, 3.8) is 0 Å². The number of ether oxygens (including phenoxy) is 2. The third kappa shape index (κ3) is 2.54. The minimum Gasteiger partial charge on any atom is -0.495 e. The summed E-state index contributed by atoms with van der Waals surface area (Å²) >= 11 is 0. The quantitative estimate of drug-likeness (QED) is 0.717. The number of fused-ring (bicyclic) bond motifs is 1. The Morgan fingerprint density at radius 2 is 1.96 bits per heavy atom. The van der Waals surface area contributed by atoms with E-state index in [4.69, 9.17) is 14.5 Å². The van der Waals surface area contributed by atoms with Gasteiger partial charge in [-0.2, -0.15) is 5.10 Å². The van der Waals surface area contributed by atoms with Gasteiger partial charge in [0.1, 0.15) is 11.6 Å². The standard InChI is InChI=1S/C16H18N6O2/c1-21-15-13(10-18-21)16(22-3-5-24-6-4-22)20-14(19-15)11-7-12(23-2)9-17-8-11/h7-10H,3-6H2,1-2H3. The number of methoxy groups -OCH3 is 1. The van der Waals surface area contributed by atoms with Crippen LogP contribution in [0.3, 0.4) is 0 Å². The molecule has 1 saturated heterocycles. The van der Waals surface area contributed by atoms with Crippen LogP contribution >= 0.6 is 0 Å². The van der Waals surface area contributed by atoms with Crippen LogP contribution in [-0.4, -0.2) is 58.1 Å². The van der Waals surface area contributed by atoms with Crippen LogP contribution in [0.15, 0.2) is 24.7 Å². The SMILES string of the molecule is COc1cncc(-c2nc(N3CCOCC3)c3cnn(C)c3n2)c1. The van der Waals surface area contributed by atoms with Gasteiger partial charge in [-0.15, -0.1) is 0 Å². The average molecular weight is 326 g/mol. The molecule has 0 radical (unpaired) electrons. The van der Waals surface area contributed by atoms with Gasteiger partial charge in [-0.25, -0.2) is 9.97 Å². The van der Waals surface area contributed by atoms with Gasteiger partial charge in [0.25, 0.3) is 0 Å². The van der Waals surface area contributed by atoms with E-state index in [1.54, 1.807) is 24.2 Å². The molecule has 0 unspecified atom stereocenters. The molecule has 0 aliphatic carbocycles. The third-order valence-corrected chi connectivity index (χ3v) is 4.09. The summed E-state index contributed by atoms with van der Waals surface area (Å²) in [6.07, 6.45) is 5.21. The maximum absolute atomic E-state index is 5.45. The van der Waals surface area contributed by atoms with Crippen LogP contribution in [0.4, 0.5) is 5.82 Å². The average Bonchev–Trinajstić information content (AvgIpc) is 3.03.